The average Bonchev–Trinajstić information content (AvgIpc) is 3.12. The van der Waals surface area contributed by atoms with Crippen LogP contribution in [0.2, 0.25) is 0 Å². The number of aromatic nitrogens is 3. The number of benzene rings is 1. The first-order chi connectivity index (χ1) is 15.1. The first-order valence-corrected chi connectivity index (χ1v) is 10.8. The number of anilines is 1. The quantitative estimate of drug-likeness (QED) is 0.535. The highest BCUT2D eigenvalue weighted by Crippen LogP contribution is 2.35. The van der Waals surface area contributed by atoms with Crippen molar-refractivity contribution in [2.24, 2.45) is 0 Å². The Morgan fingerprint density at radius 2 is 1.87 bits per heavy atom. The van der Waals surface area contributed by atoms with Gasteiger partial charge in [-0.05, 0) is 31.5 Å². The van der Waals surface area contributed by atoms with Crippen LogP contribution in [0.3, 0.4) is 0 Å². The maximum atomic E-state index is 5.49. The van der Waals surface area contributed by atoms with E-state index in [-0.39, 0.29) is 0 Å². The molecule has 1 aromatic carbocycles. The molecule has 1 aliphatic rings. The summed E-state index contributed by atoms with van der Waals surface area (Å²) in [5, 5.41) is 8.37. The number of rotatable bonds is 8. The highest BCUT2D eigenvalue weighted by atomic mass is 16.5. The van der Waals surface area contributed by atoms with Crippen LogP contribution in [-0.2, 0) is 4.74 Å². The van der Waals surface area contributed by atoms with Gasteiger partial charge in [0.1, 0.15) is 18.9 Å². The van der Waals surface area contributed by atoms with Gasteiger partial charge in [-0.25, -0.2) is 4.98 Å². The topological polar surface area (TPSA) is 74.4 Å². The van der Waals surface area contributed by atoms with E-state index in [9.17, 15) is 0 Å². The summed E-state index contributed by atoms with van der Waals surface area (Å²) in [5.74, 6) is 2.36. The normalized spacial score (nSPS) is 14.7. The van der Waals surface area contributed by atoms with Gasteiger partial charge in [-0.1, -0.05) is 6.07 Å². The third-order valence-corrected chi connectivity index (χ3v) is 5.78. The average molecular weight is 427 g/mol. The lowest BCUT2D eigenvalue weighted by Crippen LogP contribution is -3.14. The lowest BCUT2D eigenvalue weighted by molar-refractivity contribution is -0.908. The summed E-state index contributed by atoms with van der Waals surface area (Å²) in [6.45, 7) is 10.0. The molecular weight excluding hydrogens is 394 g/mol. The van der Waals surface area contributed by atoms with Crippen molar-refractivity contribution in [2.45, 2.75) is 20.3 Å². The SMILES string of the molecule is COc1ccc(-c2c(C)nn3c(NCCC[NH+]4CCOCC4)cc(C)nc23)cc1OC. The summed E-state index contributed by atoms with van der Waals surface area (Å²) in [6.07, 6.45) is 1.10. The Morgan fingerprint density at radius 1 is 1.10 bits per heavy atom. The minimum Gasteiger partial charge on any atom is -0.493 e. The second-order valence-electron chi connectivity index (χ2n) is 7.94. The van der Waals surface area contributed by atoms with Gasteiger partial charge in [-0.15, -0.1) is 0 Å². The Hall–Kier alpha value is -2.84. The number of hydrogen-bond donors (Lipinski definition) is 2. The number of fused-ring (bicyclic) bond motifs is 1. The van der Waals surface area contributed by atoms with Crippen molar-refractivity contribution in [3.05, 3.63) is 35.7 Å². The number of aryl methyl sites for hydroxylation is 2. The van der Waals surface area contributed by atoms with Gasteiger partial charge in [0, 0.05) is 30.3 Å². The van der Waals surface area contributed by atoms with Crippen LogP contribution in [0.4, 0.5) is 5.82 Å². The second kappa shape index (κ2) is 9.53. The predicted molar refractivity (Wildman–Crippen MR) is 120 cm³/mol. The van der Waals surface area contributed by atoms with Gasteiger partial charge < -0.3 is 24.4 Å². The molecule has 0 atom stereocenters. The first kappa shape index (κ1) is 21.4. The van der Waals surface area contributed by atoms with Gasteiger partial charge in [-0.2, -0.15) is 9.61 Å². The third-order valence-electron chi connectivity index (χ3n) is 5.78. The molecule has 31 heavy (non-hydrogen) atoms. The number of methoxy groups -OCH3 is 2. The van der Waals surface area contributed by atoms with E-state index in [0.29, 0.717) is 11.5 Å². The lowest BCUT2D eigenvalue weighted by Gasteiger charge is -2.23. The van der Waals surface area contributed by atoms with Gasteiger partial charge in [0.25, 0.3) is 0 Å². The third kappa shape index (κ3) is 4.60. The van der Waals surface area contributed by atoms with Crippen LogP contribution in [0, 0.1) is 13.8 Å². The van der Waals surface area contributed by atoms with Gasteiger partial charge in [-0.3, -0.25) is 0 Å². The molecule has 0 saturated carbocycles. The van der Waals surface area contributed by atoms with Crippen LogP contribution < -0.4 is 19.7 Å². The Labute approximate surface area is 183 Å². The summed E-state index contributed by atoms with van der Waals surface area (Å²) >= 11 is 0. The van der Waals surface area contributed by atoms with E-state index in [1.165, 1.54) is 0 Å². The summed E-state index contributed by atoms with van der Waals surface area (Å²) in [5.41, 5.74) is 4.73. The number of nitrogens with one attached hydrogen (secondary N) is 2. The first-order valence-electron chi connectivity index (χ1n) is 10.8. The highest BCUT2D eigenvalue weighted by Gasteiger charge is 2.18. The minimum absolute atomic E-state index is 0.690. The Kier molecular flexibility index (Phi) is 6.58. The lowest BCUT2D eigenvalue weighted by atomic mass is 10.1. The second-order valence-corrected chi connectivity index (χ2v) is 7.94. The fraction of sp³-hybridized carbons (Fsp3) is 0.478. The fourth-order valence-corrected chi connectivity index (χ4v) is 4.17. The summed E-state index contributed by atoms with van der Waals surface area (Å²) in [6, 6.07) is 7.97. The molecule has 166 valence electrons. The molecular formula is C23H32N5O3+. The molecule has 2 N–H and O–H groups in total. The van der Waals surface area contributed by atoms with E-state index in [0.717, 1.165) is 79.8 Å². The molecule has 0 unspecified atom stereocenters. The molecule has 3 aromatic rings. The summed E-state index contributed by atoms with van der Waals surface area (Å²) in [7, 11) is 3.29. The van der Waals surface area contributed by atoms with Gasteiger partial charge in [0.15, 0.2) is 17.1 Å². The van der Waals surface area contributed by atoms with Crippen LogP contribution >= 0.6 is 0 Å². The Bertz CT molecular complexity index is 1040. The highest BCUT2D eigenvalue weighted by molar-refractivity contribution is 5.82. The maximum absolute atomic E-state index is 5.49. The number of hydrogen-bond acceptors (Lipinski definition) is 6. The molecule has 0 spiro atoms. The molecule has 1 saturated heterocycles. The molecule has 1 fully saturated rings. The predicted octanol–water partition coefficient (Wildman–Crippen LogP) is 1.75. The number of nitrogens with zero attached hydrogens (tertiary/aromatic N) is 3. The van der Waals surface area contributed by atoms with Crippen molar-refractivity contribution < 1.29 is 19.1 Å². The van der Waals surface area contributed by atoms with E-state index in [4.69, 9.17) is 24.3 Å². The van der Waals surface area contributed by atoms with Crippen LogP contribution in [-0.4, -0.2) is 68.2 Å². The number of quaternary nitrogens is 1. The van der Waals surface area contributed by atoms with Crippen molar-refractivity contribution in [2.75, 3.05) is 58.9 Å². The molecule has 8 heteroatoms. The standard InChI is InChI=1S/C23H31N5O3/c1-16-14-21(24-8-5-9-27-10-12-31-13-11-27)28-23(25-16)22(17(2)26-28)18-6-7-19(29-3)20(15-18)30-4/h6-7,14-15,24H,5,8-13H2,1-4H3/p+1. The molecule has 0 aliphatic carbocycles. The van der Waals surface area contributed by atoms with Crippen molar-refractivity contribution in [1.82, 2.24) is 14.6 Å². The molecule has 0 amide bonds. The Morgan fingerprint density at radius 3 is 2.61 bits per heavy atom. The zero-order chi connectivity index (χ0) is 21.8. The van der Waals surface area contributed by atoms with Crippen LogP contribution in [0.25, 0.3) is 16.8 Å². The number of morpholine rings is 1. The van der Waals surface area contributed by atoms with Gasteiger partial charge in [0.2, 0.25) is 0 Å². The van der Waals surface area contributed by atoms with E-state index < -0.39 is 0 Å². The van der Waals surface area contributed by atoms with Crippen molar-refractivity contribution in [1.29, 1.82) is 0 Å². The largest absolute Gasteiger partial charge is 0.493 e. The van der Waals surface area contributed by atoms with E-state index in [1.807, 2.05) is 36.6 Å². The molecule has 4 rings (SSSR count). The maximum Gasteiger partial charge on any atom is 0.165 e. The van der Waals surface area contributed by atoms with Crippen molar-refractivity contribution in [3.63, 3.8) is 0 Å². The molecule has 1 aliphatic heterocycles. The van der Waals surface area contributed by atoms with Crippen LogP contribution in [0.15, 0.2) is 24.3 Å². The summed E-state index contributed by atoms with van der Waals surface area (Å²) in [4.78, 5) is 6.42. The Balaban J connectivity index is 1.58. The molecule has 0 radical (unpaired) electrons. The van der Waals surface area contributed by atoms with E-state index in [1.54, 1.807) is 19.1 Å². The van der Waals surface area contributed by atoms with Crippen molar-refractivity contribution >= 4 is 11.5 Å². The minimum atomic E-state index is 0.690. The zero-order valence-corrected chi connectivity index (χ0v) is 18.8. The van der Waals surface area contributed by atoms with Crippen molar-refractivity contribution in [3.8, 4) is 22.6 Å². The monoisotopic (exact) mass is 426 g/mol. The van der Waals surface area contributed by atoms with E-state index >= 15 is 0 Å². The zero-order valence-electron chi connectivity index (χ0n) is 18.8. The summed E-state index contributed by atoms with van der Waals surface area (Å²) < 4.78 is 18.2. The molecule has 0 bridgehead atoms. The van der Waals surface area contributed by atoms with Gasteiger partial charge >= 0.3 is 0 Å². The van der Waals surface area contributed by atoms with Crippen LogP contribution in [0.5, 0.6) is 11.5 Å². The fourth-order valence-electron chi connectivity index (χ4n) is 4.17. The van der Waals surface area contributed by atoms with Crippen LogP contribution in [0.1, 0.15) is 17.8 Å². The molecule has 8 nitrogen and oxygen atoms in total. The van der Waals surface area contributed by atoms with E-state index in [2.05, 4.69) is 11.4 Å². The molecule has 3 heterocycles. The van der Waals surface area contributed by atoms with Gasteiger partial charge in [0.05, 0.1) is 39.7 Å². The smallest absolute Gasteiger partial charge is 0.165 e. The molecule has 2 aromatic heterocycles. The number of ether oxygens (including phenoxy) is 3.